The maximum absolute atomic E-state index is 12.2. The summed E-state index contributed by atoms with van der Waals surface area (Å²) in [6.07, 6.45) is 1.01. The summed E-state index contributed by atoms with van der Waals surface area (Å²) < 4.78 is 0. The van der Waals surface area contributed by atoms with Crippen molar-refractivity contribution in [1.29, 1.82) is 0 Å². The smallest absolute Gasteiger partial charge is 0.255 e. The molecule has 0 radical (unpaired) electrons. The first-order chi connectivity index (χ1) is 10.9. The summed E-state index contributed by atoms with van der Waals surface area (Å²) in [5.41, 5.74) is 3.25. The van der Waals surface area contributed by atoms with Crippen LogP contribution in [0, 0.1) is 5.92 Å². The van der Waals surface area contributed by atoms with Gasteiger partial charge in [0.05, 0.1) is 0 Å². The first-order valence-corrected chi connectivity index (χ1v) is 7.72. The second-order valence-corrected chi connectivity index (χ2v) is 6.01. The Bertz CT molecular complexity index is 674. The molecule has 0 aromatic heterocycles. The van der Waals surface area contributed by atoms with Gasteiger partial charge in [-0.1, -0.05) is 26.0 Å². The van der Waals surface area contributed by atoms with Crippen LogP contribution >= 0.6 is 0 Å². The Morgan fingerprint density at radius 2 is 1.39 bits per heavy atom. The van der Waals surface area contributed by atoms with Crippen LogP contribution in [0.5, 0.6) is 0 Å². The molecule has 0 aliphatic carbocycles. The van der Waals surface area contributed by atoms with Gasteiger partial charge < -0.3 is 10.6 Å². The Labute approximate surface area is 136 Å². The average molecular weight is 310 g/mol. The van der Waals surface area contributed by atoms with Gasteiger partial charge in [-0.05, 0) is 54.3 Å². The van der Waals surface area contributed by atoms with E-state index < -0.39 is 0 Å². The number of nitrogens with one attached hydrogen (secondary N) is 2. The first kappa shape index (κ1) is 16.7. The van der Waals surface area contributed by atoms with Gasteiger partial charge in [-0.3, -0.25) is 9.59 Å². The van der Waals surface area contributed by atoms with Gasteiger partial charge in [-0.15, -0.1) is 0 Å². The van der Waals surface area contributed by atoms with Gasteiger partial charge in [0.25, 0.3) is 5.91 Å². The van der Waals surface area contributed by atoms with Crippen LogP contribution in [-0.2, 0) is 11.2 Å². The fourth-order valence-corrected chi connectivity index (χ4v) is 2.31. The molecule has 2 N–H and O–H groups in total. The quantitative estimate of drug-likeness (QED) is 0.873. The number of carbonyl (C=O) groups is 2. The second-order valence-electron chi connectivity index (χ2n) is 6.01. The monoisotopic (exact) mass is 310 g/mol. The highest BCUT2D eigenvalue weighted by molar-refractivity contribution is 6.04. The van der Waals surface area contributed by atoms with Crippen molar-refractivity contribution in [2.75, 3.05) is 10.6 Å². The predicted molar refractivity (Wildman–Crippen MR) is 93.7 cm³/mol. The van der Waals surface area contributed by atoms with Crippen molar-refractivity contribution < 1.29 is 9.59 Å². The molecule has 4 nitrogen and oxygen atoms in total. The minimum absolute atomic E-state index is 0.122. The van der Waals surface area contributed by atoms with E-state index in [0.717, 1.165) is 6.42 Å². The predicted octanol–water partition coefficient (Wildman–Crippen LogP) is 4.10. The van der Waals surface area contributed by atoms with E-state index in [-0.39, 0.29) is 11.8 Å². The standard InChI is InChI=1S/C19H22N2O2/c1-13(2)12-15-4-6-16(7-5-15)19(23)21-18-10-8-17(9-11-18)20-14(3)22/h4-11,13H,12H2,1-3H3,(H,20,22)(H,21,23). The van der Waals surface area contributed by atoms with Crippen molar-refractivity contribution in [3.8, 4) is 0 Å². The van der Waals surface area contributed by atoms with E-state index in [1.165, 1.54) is 12.5 Å². The zero-order valence-electron chi connectivity index (χ0n) is 13.7. The molecule has 0 atom stereocenters. The SMILES string of the molecule is CC(=O)Nc1ccc(NC(=O)c2ccc(CC(C)C)cc2)cc1. The van der Waals surface area contributed by atoms with Crippen LogP contribution in [0.2, 0.25) is 0 Å². The van der Waals surface area contributed by atoms with Gasteiger partial charge in [0.15, 0.2) is 0 Å². The fourth-order valence-electron chi connectivity index (χ4n) is 2.31. The summed E-state index contributed by atoms with van der Waals surface area (Å²) >= 11 is 0. The third-order valence-corrected chi connectivity index (χ3v) is 3.32. The molecule has 0 heterocycles. The normalized spacial score (nSPS) is 10.4. The van der Waals surface area contributed by atoms with Gasteiger partial charge in [0, 0.05) is 23.9 Å². The molecule has 0 aliphatic rings. The largest absolute Gasteiger partial charge is 0.326 e. The lowest BCUT2D eigenvalue weighted by molar-refractivity contribution is -0.114. The van der Waals surface area contributed by atoms with E-state index in [1.807, 2.05) is 24.3 Å². The molecular weight excluding hydrogens is 288 g/mol. The van der Waals surface area contributed by atoms with E-state index in [2.05, 4.69) is 24.5 Å². The number of carbonyl (C=O) groups excluding carboxylic acids is 2. The van der Waals surface area contributed by atoms with Crippen molar-refractivity contribution >= 4 is 23.2 Å². The molecule has 2 aromatic rings. The molecule has 0 bridgehead atoms. The lowest BCUT2D eigenvalue weighted by Gasteiger charge is -2.08. The summed E-state index contributed by atoms with van der Waals surface area (Å²) in [5.74, 6) is 0.327. The van der Waals surface area contributed by atoms with Gasteiger partial charge in [-0.2, -0.15) is 0 Å². The number of hydrogen-bond acceptors (Lipinski definition) is 2. The molecule has 2 aromatic carbocycles. The van der Waals surface area contributed by atoms with Gasteiger partial charge in [-0.25, -0.2) is 0 Å². The third-order valence-electron chi connectivity index (χ3n) is 3.32. The zero-order valence-corrected chi connectivity index (χ0v) is 13.7. The summed E-state index contributed by atoms with van der Waals surface area (Å²) in [4.78, 5) is 23.2. The number of hydrogen-bond donors (Lipinski definition) is 2. The van der Waals surface area contributed by atoms with Crippen molar-refractivity contribution in [3.05, 3.63) is 59.7 Å². The van der Waals surface area contributed by atoms with Crippen LogP contribution < -0.4 is 10.6 Å². The van der Waals surface area contributed by atoms with E-state index in [0.29, 0.717) is 22.9 Å². The Morgan fingerprint density at radius 3 is 1.87 bits per heavy atom. The second kappa shape index (κ2) is 7.58. The zero-order chi connectivity index (χ0) is 16.8. The molecule has 0 fully saturated rings. The van der Waals surface area contributed by atoms with Gasteiger partial charge in [0.1, 0.15) is 0 Å². The van der Waals surface area contributed by atoms with Gasteiger partial charge in [0.2, 0.25) is 5.91 Å². The first-order valence-electron chi connectivity index (χ1n) is 7.72. The highest BCUT2D eigenvalue weighted by Crippen LogP contribution is 2.15. The van der Waals surface area contributed by atoms with Crippen LogP contribution in [0.15, 0.2) is 48.5 Å². The topological polar surface area (TPSA) is 58.2 Å². The van der Waals surface area contributed by atoms with Crippen molar-refractivity contribution in [2.24, 2.45) is 5.92 Å². The highest BCUT2D eigenvalue weighted by atomic mass is 16.2. The van der Waals surface area contributed by atoms with E-state index >= 15 is 0 Å². The molecule has 0 spiro atoms. The third kappa shape index (κ3) is 5.25. The van der Waals surface area contributed by atoms with Crippen LogP contribution in [-0.4, -0.2) is 11.8 Å². The average Bonchev–Trinajstić information content (AvgIpc) is 2.49. The summed E-state index contributed by atoms with van der Waals surface area (Å²) in [6.45, 7) is 5.80. The minimum atomic E-state index is -0.145. The van der Waals surface area contributed by atoms with Crippen molar-refractivity contribution in [3.63, 3.8) is 0 Å². The number of amides is 2. The molecule has 0 saturated heterocycles. The van der Waals surface area contributed by atoms with Gasteiger partial charge >= 0.3 is 0 Å². The Balaban J connectivity index is 1.99. The maximum atomic E-state index is 12.2. The van der Waals surface area contributed by atoms with Crippen molar-refractivity contribution in [1.82, 2.24) is 0 Å². The van der Waals surface area contributed by atoms with Crippen LogP contribution in [0.4, 0.5) is 11.4 Å². The lowest BCUT2D eigenvalue weighted by atomic mass is 10.0. The lowest BCUT2D eigenvalue weighted by Crippen LogP contribution is -2.12. The fraction of sp³-hybridized carbons (Fsp3) is 0.263. The van der Waals surface area contributed by atoms with Crippen LogP contribution in [0.3, 0.4) is 0 Å². The van der Waals surface area contributed by atoms with E-state index in [1.54, 1.807) is 24.3 Å². The molecule has 0 unspecified atom stereocenters. The molecule has 4 heteroatoms. The van der Waals surface area contributed by atoms with Crippen molar-refractivity contribution in [2.45, 2.75) is 27.2 Å². The molecule has 2 amide bonds. The molecule has 2 rings (SSSR count). The molecular formula is C19H22N2O2. The van der Waals surface area contributed by atoms with Crippen LogP contribution in [0.1, 0.15) is 36.7 Å². The maximum Gasteiger partial charge on any atom is 0.255 e. The summed E-state index contributed by atoms with van der Waals surface area (Å²) in [7, 11) is 0. The number of benzene rings is 2. The summed E-state index contributed by atoms with van der Waals surface area (Å²) in [6, 6.07) is 14.7. The summed E-state index contributed by atoms with van der Waals surface area (Å²) in [5, 5.41) is 5.53. The highest BCUT2D eigenvalue weighted by Gasteiger charge is 2.07. The Hall–Kier alpha value is -2.62. The molecule has 0 saturated carbocycles. The Kier molecular flexibility index (Phi) is 5.52. The molecule has 0 aliphatic heterocycles. The van der Waals surface area contributed by atoms with E-state index in [9.17, 15) is 9.59 Å². The van der Waals surface area contributed by atoms with E-state index in [4.69, 9.17) is 0 Å². The number of rotatable bonds is 5. The molecule has 120 valence electrons. The number of anilines is 2. The Morgan fingerprint density at radius 1 is 0.870 bits per heavy atom. The minimum Gasteiger partial charge on any atom is -0.326 e. The molecule has 23 heavy (non-hydrogen) atoms. The van der Waals surface area contributed by atoms with Crippen LogP contribution in [0.25, 0.3) is 0 Å².